The van der Waals surface area contributed by atoms with E-state index in [2.05, 4.69) is 21.3 Å². The Balaban J connectivity index is 0.000000268. The lowest BCUT2D eigenvalue weighted by atomic mass is 9.80. The van der Waals surface area contributed by atoms with Crippen LogP contribution in [-0.4, -0.2) is 74.9 Å². The predicted molar refractivity (Wildman–Crippen MR) is 353 cm³/mol. The summed E-state index contributed by atoms with van der Waals surface area (Å²) in [6, 6.07) is 43.8. The molecule has 0 spiro atoms. The highest BCUT2D eigenvalue weighted by molar-refractivity contribution is 5.96. The van der Waals surface area contributed by atoms with E-state index in [-0.39, 0.29) is 66.4 Å². The van der Waals surface area contributed by atoms with Gasteiger partial charge in [0.25, 0.3) is 0 Å². The number of hydrogen-bond donors (Lipinski definition) is 10. The van der Waals surface area contributed by atoms with Crippen LogP contribution in [0, 0.1) is 47.3 Å². The number of nitrogens with one attached hydrogen (secondary N) is 4. The SMILES string of the molecule is C.CNc1ccc(Oc2ccc(NC(=O)C3CCCC(C(=O)Nc4ccc(Oc5ccc(NC(=O)C6CCC(C(C)=O)CC6)cc5)cc4)C3)cc2)cc1.Nc1ccc(Oc2ccc(N)cc2)cc1.O=C(O)C1CCC(C(=O)O)CC1.O=C(O)C1CCCC(C(=O)O)C1. The number of ether oxygens (including phenoxy) is 3. The van der Waals surface area contributed by atoms with Gasteiger partial charge in [-0.2, -0.15) is 0 Å². The Hall–Kier alpha value is -9.92. The summed E-state index contributed by atoms with van der Waals surface area (Å²) in [5.74, 6) is -1.20. The summed E-state index contributed by atoms with van der Waals surface area (Å²) in [5.41, 5.74) is 15.6. The average Bonchev–Trinajstić information content (AvgIpc) is 1.75. The van der Waals surface area contributed by atoms with Crippen LogP contribution in [0.5, 0.6) is 34.5 Å². The van der Waals surface area contributed by atoms with Crippen molar-refractivity contribution in [3.8, 4) is 34.5 Å². The van der Waals surface area contributed by atoms with Gasteiger partial charge in [-0.05, 0) is 242 Å². The van der Waals surface area contributed by atoms with Crippen molar-refractivity contribution in [2.75, 3.05) is 39.8 Å². The lowest BCUT2D eigenvalue weighted by Gasteiger charge is -2.27. The first-order chi connectivity index (χ1) is 43.7. The number of hydrogen-bond acceptors (Lipinski definition) is 14. The van der Waals surface area contributed by atoms with Crippen LogP contribution in [0.4, 0.5) is 34.1 Å². The number of amides is 3. The fraction of sp³-hybridized carbons (Fsp3) is 0.380. The smallest absolute Gasteiger partial charge is 0.306 e. The zero-order valence-electron chi connectivity index (χ0n) is 51.2. The summed E-state index contributed by atoms with van der Waals surface area (Å²) in [5, 5.41) is 46.6. The van der Waals surface area contributed by atoms with Crippen molar-refractivity contribution < 1.29 is 73.0 Å². The van der Waals surface area contributed by atoms with Crippen molar-refractivity contribution in [3.05, 3.63) is 146 Å². The Labute approximate surface area is 536 Å². The van der Waals surface area contributed by atoms with Gasteiger partial charge >= 0.3 is 23.9 Å². The number of carbonyl (C=O) groups excluding carboxylic acids is 4. The molecule has 0 aliphatic heterocycles. The van der Waals surface area contributed by atoms with Crippen LogP contribution in [0.1, 0.15) is 117 Å². The second-order valence-electron chi connectivity index (χ2n) is 23.4. The van der Waals surface area contributed by atoms with Crippen molar-refractivity contribution in [1.82, 2.24) is 0 Å². The van der Waals surface area contributed by atoms with E-state index < -0.39 is 35.7 Å². The molecular weight excluding hydrogens is 1180 g/mol. The Morgan fingerprint density at radius 3 is 0.859 bits per heavy atom. The molecule has 21 nitrogen and oxygen atoms in total. The number of carboxylic acid groups (broad SMARTS) is 4. The first-order valence-electron chi connectivity index (χ1n) is 30.8. The van der Waals surface area contributed by atoms with E-state index in [1.165, 1.54) is 0 Å². The van der Waals surface area contributed by atoms with Crippen LogP contribution < -0.4 is 46.9 Å². The summed E-state index contributed by atoms with van der Waals surface area (Å²) in [6.45, 7) is 1.63. The molecule has 0 bridgehead atoms. The summed E-state index contributed by atoms with van der Waals surface area (Å²) < 4.78 is 17.5. The topological polar surface area (TPSA) is 345 Å². The Morgan fingerprint density at radius 2 is 0.576 bits per heavy atom. The third kappa shape index (κ3) is 22.8. The van der Waals surface area contributed by atoms with Gasteiger partial charge in [0, 0.05) is 64.8 Å². The fourth-order valence-corrected chi connectivity index (χ4v) is 11.4. The van der Waals surface area contributed by atoms with Crippen molar-refractivity contribution in [2.45, 2.75) is 117 Å². The van der Waals surface area contributed by atoms with E-state index in [4.69, 9.17) is 46.1 Å². The molecule has 4 aliphatic rings. The Morgan fingerprint density at radius 1 is 0.337 bits per heavy atom. The van der Waals surface area contributed by atoms with Crippen molar-refractivity contribution in [1.29, 1.82) is 0 Å². The first-order valence-corrected chi connectivity index (χ1v) is 30.8. The fourth-order valence-electron chi connectivity index (χ4n) is 11.4. The molecule has 92 heavy (non-hydrogen) atoms. The molecule has 3 amide bonds. The third-order valence-corrected chi connectivity index (χ3v) is 16.9. The molecule has 0 heterocycles. The van der Waals surface area contributed by atoms with Gasteiger partial charge in [-0.1, -0.05) is 20.3 Å². The largest absolute Gasteiger partial charge is 0.481 e. The highest BCUT2D eigenvalue weighted by atomic mass is 16.5. The van der Waals surface area contributed by atoms with Crippen LogP contribution in [0.2, 0.25) is 0 Å². The number of rotatable bonds is 18. The van der Waals surface area contributed by atoms with E-state index in [0.29, 0.717) is 92.1 Å². The highest BCUT2D eigenvalue weighted by Gasteiger charge is 2.33. The standard InChI is InChI=1S/C42H46N4O6.C12H12N2O.2C8H12O4.CH4/c1-27(47)28-6-8-29(9-7-28)40(48)44-33-12-20-38(21-13-33)52-39-24-16-35(17-25-39)46-42(50)31-5-3-4-30(26-31)41(49)45-34-14-22-37(23-15-34)51-36-18-10-32(43-2)11-19-36;13-9-1-5-11(6-2-9)15-12-7-3-10(14)4-8-12;9-7(10)5-1-2-6(4-3-5)8(11)12;9-7(10)5-2-1-3-6(4-5)8(11)12;/h10-25,28-31,43H,3-9,26H2,1-2H3,(H,44,48)(H,45,49)(H,46,50);1-8H,13-14H2;2*5-6H,1-4H2,(H,9,10)(H,11,12);1H4. The van der Waals surface area contributed by atoms with Crippen molar-refractivity contribution in [3.63, 3.8) is 0 Å². The van der Waals surface area contributed by atoms with Gasteiger partial charge in [-0.25, -0.2) is 0 Å². The third-order valence-electron chi connectivity index (χ3n) is 16.9. The summed E-state index contributed by atoms with van der Waals surface area (Å²) in [7, 11) is 1.86. The molecule has 4 atom stereocenters. The molecular formula is C71H86N6O15. The maximum atomic E-state index is 13.2. The van der Waals surface area contributed by atoms with E-state index in [1.807, 2.05) is 79.8 Å². The van der Waals surface area contributed by atoms with Crippen LogP contribution in [0.3, 0.4) is 0 Å². The number of nitrogens with two attached hydrogens (primary N) is 2. The maximum Gasteiger partial charge on any atom is 0.306 e. The summed E-state index contributed by atoms with van der Waals surface area (Å²) >= 11 is 0. The van der Waals surface area contributed by atoms with Crippen LogP contribution in [0.25, 0.3) is 0 Å². The molecule has 0 saturated heterocycles. The number of aliphatic carboxylic acids is 4. The molecule has 4 unspecified atom stereocenters. The lowest BCUT2D eigenvalue weighted by Crippen LogP contribution is -2.33. The molecule has 4 saturated carbocycles. The molecule has 12 N–H and O–H groups in total. The number of benzene rings is 6. The molecule has 0 aromatic heterocycles. The molecule has 6 aromatic rings. The molecule has 21 heteroatoms. The summed E-state index contributed by atoms with van der Waals surface area (Å²) in [6.07, 6.45) is 10.0. The van der Waals surface area contributed by atoms with Crippen molar-refractivity contribution in [2.24, 2.45) is 47.3 Å². The lowest BCUT2D eigenvalue weighted by molar-refractivity contribution is -0.148. The average molecular weight is 1260 g/mol. The maximum absolute atomic E-state index is 13.2. The number of carboxylic acids is 4. The molecule has 4 fully saturated rings. The number of anilines is 6. The second kappa shape index (κ2) is 35.5. The minimum atomic E-state index is -0.860. The van der Waals surface area contributed by atoms with E-state index >= 15 is 0 Å². The monoisotopic (exact) mass is 1260 g/mol. The van der Waals surface area contributed by atoms with Gasteiger partial charge in [-0.15, -0.1) is 0 Å². The molecule has 490 valence electrons. The van der Waals surface area contributed by atoms with Gasteiger partial charge in [0.05, 0.1) is 23.7 Å². The molecule has 6 aromatic carbocycles. The molecule has 4 aliphatic carbocycles. The van der Waals surface area contributed by atoms with E-state index in [1.54, 1.807) is 79.7 Å². The number of ketones is 1. The summed E-state index contributed by atoms with van der Waals surface area (Å²) in [4.78, 5) is 92.7. The number of Topliss-reactive ketones (excluding diaryl/α,β-unsaturated/α-hetero) is 1. The minimum Gasteiger partial charge on any atom is -0.481 e. The number of carbonyl (C=O) groups is 8. The van der Waals surface area contributed by atoms with Gasteiger partial charge in [0.2, 0.25) is 17.7 Å². The zero-order valence-corrected chi connectivity index (χ0v) is 51.2. The quantitative estimate of drug-likeness (QED) is 0.0357. The first kappa shape index (κ1) is 71.2. The molecule has 0 radical (unpaired) electrons. The van der Waals surface area contributed by atoms with Crippen LogP contribution in [0.15, 0.2) is 146 Å². The van der Waals surface area contributed by atoms with Gasteiger partial charge < -0.3 is 67.4 Å². The Bertz CT molecular complexity index is 3280. The van der Waals surface area contributed by atoms with Gasteiger partial charge in [0.15, 0.2) is 0 Å². The molecule has 10 rings (SSSR count). The van der Waals surface area contributed by atoms with E-state index in [0.717, 1.165) is 79.3 Å². The van der Waals surface area contributed by atoms with Gasteiger partial charge in [0.1, 0.15) is 40.3 Å². The second-order valence-corrected chi connectivity index (χ2v) is 23.4. The normalized spacial score (nSPS) is 20.5. The Kier molecular flexibility index (Phi) is 27.4. The van der Waals surface area contributed by atoms with Crippen molar-refractivity contribution >= 4 is 81.5 Å². The minimum absolute atomic E-state index is 0. The van der Waals surface area contributed by atoms with E-state index in [9.17, 15) is 38.4 Å². The van der Waals surface area contributed by atoms with Gasteiger partial charge in [-0.3, -0.25) is 38.4 Å². The van der Waals surface area contributed by atoms with Crippen LogP contribution in [-0.2, 0) is 38.4 Å². The number of nitrogen functional groups attached to an aromatic ring is 2. The predicted octanol–water partition coefficient (Wildman–Crippen LogP) is 14.2. The highest BCUT2D eigenvalue weighted by Crippen LogP contribution is 2.35. The zero-order chi connectivity index (χ0) is 65.4. The van der Waals surface area contributed by atoms with Crippen LogP contribution >= 0.6 is 0 Å².